The molecule has 1 heterocycles. The van der Waals surface area contributed by atoms with Gasteiger partial charge in [0.05, 0.1) is 30.1 Å². The number of ether oxygens (including phenoxy) is 2. The topological polar surface area (TPSA) is 123 Å². The summed E-state index contributed by atoms with van der Waals surface area (Å²) < 4.78 is 40.2. The normalized spacial score (nSPS) is 11.4. The Morgan fingerprint density at radius 2 is 1.51 bits per heavy atom. The van der Waals surface area contributed by atoms with E-state index in [2.05, 4.69) is 20.0 Å². The summed E-state index contributed by atoms with van der Waals surface area (Å²) in [6.07, 6.45) is 1.00. The Morgan fingerprint density at radius 1 is 0.872 bits per heavy atom. The van der Waals surface area contributed by atoms with E-state index in [9.17, 15) is 13.2 Å². The molecule has 3 aromatic carbocycles. The molecular weight excluding hydrogens is 518 g/mol. The quantitative estimate of drug-likeness (QED) is 0.242. The molecule has 0 bridgehead atoms. The van der Waals surface area contributed by atoms with Gasteiger partial charge in [0.25, 0.3) is 10.0 Å². The number of Topliss-reactive ketones (excluding diaryl/α,β-unsaturated/α-hetero) is 1. The van der Waals surface area contributed by atoms with Crippen molar-refractivity contribution < 1.29 is 22.7 Å². The minimum absolute atomic E-state index is 0.00167. The highest BCUT2D eigenvalue weighted by Crippen LogP contribution is 2.31. The lowest BCUT2D eigenvalue weighted by molar-refractivity contribution is 0.0977. The second-order valence-corrected chi connectivity index (χ2v) is 10.8. The Morgan fingerprint density at radius 3 is 2.13 bits per heavy atom. The Balaban J connectivity index is 1.67. The fourth-order valence-corrected chi connectivity index (χ4v) is 4.95. The van der Waals surface area contributed by atoms with Gasteiger partial charge >= 0.3 is 0 Å². The molecule has 0 fully saturated rings. The van der Waals surface area contributed by atoms with E-state index in [4.69, 9.17) is 9.47 Å². The minimum Gasteiger partial charge on any atom is -0.497 e. The first kappa shape index (κ1) is 27.8. The van der Waals surface area contributed by atoms with Crippen molar-refractivity contribution in [3.8, 4) is 11.5 Å². The van der Waals surface area contributed by atoms with Crippen LogP contribution in [0.15, 0.2) is 71.6 Å². The molecule has 204 valence electrons. The van der Waals surface area contributed by atoms with Gasteiger partial charge in [0.15, 0.2) is 17.4 Å². The van der Waals surface area contributed by atoms with Crippen molar-refractivity contribution in [1.29, 1.82) is 0 Å². The zero-order valence-electron chi connectivity index (χ0n) is 22.3. The molecule has 4 rings (SSSR count). The maximum atomic E-state index is 13.5. The Bertz CT molecular complexity index is 1570. The van der Waals surface area contributed by atoms with Crippen LogP contribution in [0.5, 0.6) is 11.5 Å². The van der Waals surface area contributed by atoms with Crippen LogP contribution in [-0.4, -0.2) is 63.9 Å². The molecule has 10 nitrogen and oxygen atoms in total. The largest absolute Gasteiger partial charge is 0.497 e. The van der Waals surface area contributed by atoms with Gasteiger partial charge in [0, 0.05) is 35.9 Å². The summed E-state index contributed by atoms with van der Waals surface area (Å²) >= 11 is 0. The molecule has 2 N–H and O–H groups in total. The molecule has 0 amide bonds. The van der Waals surface area contributed by atoms with Crippen molar-refractivity contribution >= 4 is 44.2 Å². The maximum absolute atomic E-state index is 13.5. The number of hydrogen-bond acceptors (Lipinski definition) is 9. The Labute approximate surface area is 228 Å². The number of rotatable bonds is 12. The van der Waals surface area contributed by atoms with Gasteiger partial charge in [-0.3, -0.25) is 9.52 Å². The fourth-order valence-electron chi connectivity index (χ4n) is 3.90. The van der Waals surface area contributed by atoms with Gasteiger partial charge in [-0.05, 0) is 51.3 Å². The average Bonchev–Trinajstić information content (AvgIpc) is 2.92. The summed E-state index contributed by atoms with van der Waals surface area (Å²) in [4.78, 5) is 23.8. The number of hydrogen-bond donors (Lipinski definition) is 2. The molecule has 0 saturated carbocycles. The molecule has 0 aliphatic heterocycles. The van der Waals surface area contributed by atoms with Crippen molar-refractivity contribution in [2.24, 2.45) is 0 Å². The highest BCUT2D eigenvalue weighted by atomic mass is 32.2. The Kier molecular flexibility index (Phi) is 8.62. The zero-order valence-corrected chi connectivity index (χ0v) is 23.1. The molecule has 0 aliphatic carbocycles. The number of methoxy groups -OCH3 is 2. The van der Waals surface area contributed by atoms with E-state index < -0.39 is 10.0 Å². The van der Waals surface area contributed by atoms with Crippen molar-refractivity contribution in [2.75, 3.05) is 44.9 Å². The summed E-state index contributed by atoms with van der Waals surface area (Å²) in [5, 5.41) is 3.13. The number of fused-ring (bicyclic) bond motifs is 1. The summed E-state index contributed by atoms with van der Waals surface area (Å²) in [7, 11) is 2.83. The summed E-state index contributed by atoms with van der Waals surface area (Å²) in [6, 6.07) is 18.3. The molecule has 0 radical (unpaired) electrons. The SMILES string of the molecule is COc1cc(Nc2nc3ccccc3nc2NS(=O)(=O)c2cccc(C(=O)CCCN(C)C)c2)cc(OC)c1. The molecule has 0 aliphatic rings. The van der Waals surface area contributed by atoms with Crippen LogP contribution in [-0.2, 0) is 10.0 Å². The smallest absolute Gasteiger partial charge is 0.263 e. The van der Waals surface area contributed by atoms with E-state index >= 15 is 0 Å². The van der Waals surface area contributed by atoms with Crippen LogP contribution in [0.1, 0.15) is 23.2 Å². The summed E-state index contributed by atoms with van der Waals surface area (Å²) in [5.74, 6) is 1.15. The van der Waals surface area contributed by atoms with E-state index in [1.165, 1.54) is 26.4 Å². The van der Waals surface area contributed by atoms with Gasteiger partial charge < -0.3 is 19.7 Å². The lowest BCUT2D eigenvalue weighted by Crippen LogP contribution is -2.17. The van der Waals surface area contributed by atoms with E-state index in [-0.39, 0.29) is 22.3 Å². The van der Waals surface area contributed by atoms with Crippen molar-refractivity contribution in [1.82, 2.24) is 14.9 Å². The highest BCUT2D eigenvalue weighted by molar-refractivity contribution is 7.92. The number of para-hydroxylation sites is 2. The van der Waals surface area contributed by atoms with Crippen molar-refractivity contribution in [3.05, 3.63) is 72.3 Å². The van der Waals surface area contributed by atoms with Crippen LogP contribution < -0.4 is 19.5 Å². The van der Waals surface area contributed by atoms with Crippen molar-refractivity contribution in [3.63, 3.8) is 0 Å². The van der Waals surface area contributed by atoms with E-state index in [1.54, 1.807) is 48.5 Å². The number of ketones is 1. The molecule has 0 unspecified atom stereocenters. The van der Waals surface area contributed by atoms with Crippen molar-refractivity contribution in [2.45, 2.75) is 17.7 Å². The number of sulfonamides is 1. The van der Waals surface area contributed by atoms with Gasteiger partial charge in [-0.15, -0.1) is 0 Å². The molecule has 0 spiro atoms. The predicted octanol–water partition coefficient (Wildman–Crippen LogP) is 4.72. The summed E-state index contributed by atoms with van der Waals surface area (Å²) in [5.41, 5.74) is 1.97. The lowest BCUT2D eigenvalue weighted by atomic mass is 10.1. The first-order valence-electron chi connectivity index (χ1n) is 12.3. The number of aromatic nitrogens is 2. The zero-order chi connectivity index (χ0) is 28.0. The summed E-state index contributed by atoms with van der Waals surface area (Å²) in [6.45, 7) is 0.765. The van der Waals surface area contributed by atoms with Crippen LogP contribution in [0.4, 0.5) is 17.3 Å². The number of nitrogens with zero attached hydrogens (tertiary/aromatic N) is 3. The molecule has 4 aromatic rings. The standard InChI is InChI=1S/C28H31N5O5S/c1-33(2)14-8-13-26(34)19-9-7-10-23(15-19)39(35,36)32-28-27(30-24-11-5-6-12-25(24)31-28)29-20-16-21(37-3)18-22(17-20)38-4/h5-7,9-12,15-18H,8,13-14H2,1-4H3,(H,29,30)(H,31,32). The van der Waals surface area contributed by atoms with Gasteiger partial charge in [-0.25, -0.2) is 18.4 Å². The first-order valence-corrected chi connectivity index (χ1v) is 13.7. The molecule has 11 heteroatoms. The predicted molar refractivity (Wildman–Crippen MR) is 152 cm³/mol. The third kappa shape index (κ3) is 7.01. The van der Waals surface area contributed by atoms with Crippen LogP contribution in [0, 0.1) is 0 Å². The molecule has 1 aromatic heterocycles. The average molecular weight is 550 g/mol. The highest BCUT2D eigenvalue weighted by Gasteiger charge is 2.21. The monoisotopic (exact) mass is 549 g/mol. The van der Waals surface area contributed by atoms with Crippen LogP contribution >= 0.6 is 0 Å². The van der Waals surface area contributed by atoms with Crippen LogP contribution in [0.3, 0.4) is 0 Å². The van der Waals surface area contributed by atoms with Crippen LogP contribution in [0.25, 0.3) is 11.0 Å². The van der Waals surface area contributed by atoms with Gasteiger partial charge in [0.1, 0.15) is 11.5 Å². The lowest BCUT2D eigenvalue weighted by Gasteiger charge is -2.15. The first-order chi connectivity index (χ1) is 18.7. The molecular formula is C28H31N5O5S. The maximum Gasteiger partial charge on any atom is 0.263 e. The minimum atomic E-state index is -4.11. The third-order valence-electron chi connectivity index (χ3n) is 5.89. The van der Waals surface area contributed by atoms with E-state index in [0.29, 0.717) is 46.6 Å². The fraction of sp³-hybridized carbons (Fsp3) is 0.250. The number of anilines is 3. The third-order valence-corrected chi connectivity index (χ3v) is 7.23. The second kappa shape index (κ2) is 12.1. The van der Waals surface area contributed by atoms with E-state index in [0.717, 1.165) is 6.54 Å². The number of benzene rings is 3. The number of nitrogens with one attached hydrogen (secondary N) is 2. The number of carbonyl (C=O) groups is 1. The van der Waals surface area contributed by atoms with E-state index in [1.807, 2.05) is 25.1 Å². The van der Waals surface area contributed by atoms with Crippen LogP contribution in [0.2, 0.25) is 0 Å². The van der Waals surface area contributed by atoms with Gasteiger partial charge in [-0.2, -0.15) is 0 Å². The van der Waals surface area contributed by atoms with Gasteiger partial charge in [-0.1, -0.05) is 24.3 Å². The molecule has 39 heavy (non-hydrogen) atoms. The molecule has 0 saturated heterocycles. The van der Waals surface area contributed by atoms with Gasteiger partial charge in [0.2, 0.25) is 0 Å². The Hall–Kier alpha value is -4.22. The number of carbonyl (C=O) groups excluding carboxylic acids is 1. The second-order valence-electron chi connectivity index (χ2n) is 9.10. The molecule has 0 atom stereocenters.